The summed E-state index contributed by atoms with van der Waals surface area (Å²) in [6.07, 6.45) is 2.88. The van der Waals surface area contributed by atoms with Crippen molar-refractivity contribution >= 4 is 35.0 Å². The molecule has 1 fully saturated rings. The number of ether oxygens (including phenoxy) is 1. The van der Waals surface area contributed by atoms with Crippen LogP contribution in [0.25, 0.3) is 6.08 Å². The number of carbonyl (C=O) groups excluding carboxylic acids is 1. The lowest BCUT2D eigenvalue weighted by atomic mass is 9.79. The average molecular weight is 359 g/mol. The van der Waals surface area contributed by atoms with Crippen molar-refractivity contribution in [2.75, 3.05) is 18.6 Å². The average Bonchev–Trinajstić information content (AvgIpc) is 2.84. The van der Waals surface area contributed by atoms with Gasteiger partial charge in [0.05, 0.1) is 7.11 Å². The number of rotatable bonds is 3. The number of anilines is 1. The number of nitrogens with zero attached hydrogens (tertiary/aromatic N) is 1. The van der Waals surface area contributed by atoms with Gasteiger partial charge in [-0.1, -0.05) is 6.92 Å². The van der Waals surface area contributed by atoms with Gasteiger partial charge >= 0.3 is 0 Å². The molecule has 1 amide bonds. The van der Waals surface area contributed by atoms with E-state index in [0.29, 0.717) is 16.7 Å². The number of thiocarbonyl (C=S) groups is 1. The molecule has 1 saturated heterocycles. The fourth-order valence-electron chi connectivity index (χ4n) is 4.05. The topological polar surface area (TPSA) is 53.6 Å². The first-order valence-corrected chi connectivity index (χ1v) is 9.01. The van der Waals surface area contributed by atoms with E-state index in [1.54, 1.807) is 13.2 Å². The SMILES string of the molecule is CCN1c2cc(OC)c(/C=C3\NC(=S)NC3=O)cc2C(C)CC1(C)C. The second kappa shape index (κ2) is 6.33. The summed E-state index contributed by atoms with van der Waals surface area (Å²) in [7, 11) is 1.66. The maximum atomic E-state index is 11.9. The number of fused-ring (bicyclic) bond motifs is 1. The van der Waals surface area contributed by atoms with Crippen LogP contribution in [0.15, 0.2) is 17.8 Å². The Kier molecular flexibility index (Phi) is 4.49. The summed E-state index contributed by atoms with van der Waals surface area (Å²) in [5, 5.41) is 5.81. The molecule has 3 rings (SSSR count). The smallest absolute Gasteiger partial charge is 0.273 e. The van der Waals surface area contributed by atoms with E-state index < -0.39 is 0 Å². The zero-order valence-electron chi connectivity index (χ0n) is 15.4. The second-order valence-electron chi connectivity index (χ2n) is 7.28. The number of amides is 1. The van der Waals surface area contributed by atoms with Crippen molar-refractivity contribution in [3.05, 3.63) is 29.0 Å². The molecule has 0 aliphatic carbocycles. The van der Waals surface area contributed by atoms with Gasteiger partial charge in [-0.25, -0.2) is 0 Å². The molecule has 2 N–H and O–H groups in total. The molecule has 0 saturated carbocycles. The third-order valence-corrected chi connectivity index (χ3v) is 5.28. The Balaban J connectivity index is 2.12. The van der Waals surface area contributed by atoms with Crippen LogP contribution in [0.3, 0.4) is 0 Å². The van der Waals surface area contributed by atoms with E-state index in [4.69, 9.17) is 17.0 Å². The summed E-state index contributed by atoms with van der Waals surface area (Å²) >= 11 is 5.00. The molecule has 0 spiro atoms. The number of nitrogens with one attached hydrogen (secondary N) is 2. The Morgan fingerprint density at radius 3 is 2.68 bits per heavy atom. The summed E-state index contributed by atoms with van der Waals surface area (Å²) in [5.41, 5.74) is 3.93. The summed E-state index contributed by atoms with van der Waals surface area (Å²) in [5.74, 6) is 0.971. The van der Waals surface area contributed by atoms with E-state index in [-0.39, 0.29) is 11.4 Å². The minimum Gasteiger partial charge on any atom is -0.496 e. The summed E-state index contributed by atoms with van der Waals surface area (Å²) < 4.78 is 5.62. The summed E-state index contributed by atoms with van der Waals surface area (Å²) in [6.45, 7) is 9.94. The highest BCUT2D eigenvalue weighted by molar-refractivity contribution is 7.80. The standard InChI is InChI=1S/C19H25N3O2S/c1-6-22-15-9-16(24-5)12(8-14-17(23)21-18(25)20-14)7-13(15)11(2)10-19(22,3)4/h7-9,11H,6,10H2,1-5H3,(H2,20,21,23,25)/b14-8-. The van der Waals surface area contributed by atoms with Crippen LogP contribution in [0.2, 0.25) is 0 Å². The molecule has 1 aromatic rings. The minimum absolute atomic E-state index is 0.102. The molecule has 1 unspecified atom stereocenters. The van der Waals surface area contributed by atoms with Gasteiger partial charge in [0.15, 0.2) is 5.11 Å². The molecule has 2 aliphatic rings. The molecule has 0 radical (unpaired) electrons. The molecule has 134 valence electrons. The third-order valence-electron chi connectivity index (χ3n) is 5.07. The predicted octanol–water partition coefficient (Wildman–Crippen LogP) is 3.15. The Labute approximate surface area is 154 Å². The number of benzene rings is 1. The minimum atomic E-state index is -0.214. The molecule has 2 aliphatic heterocycles. The van der Waals surface area contributed by atoms with Crippen molar-refractivity contribution < 1.29 is 9.53 Å². The molecule has 2 heterocycles. The third kappa shape index (κ3) is 3.11. The highest BCUT2D eigenvalue weighted by Crippen LogP contribution is 2.45. The fraction of sp³-hybridized carbons (Fsp3) is 0.474. The van der Waals surface area contributed by atoms with Gasteiger partial charge in [-0.3, -0.25) is 10.1 Å². The molecule has 5 nitrogen and oxygen atoms in total. The maximum absolute atomic E-state index is 11.9. The molecule has 1 atom stereocenters. The van der Waals surface area contributed by atoms with Crippen molar-refractivity contribution in [2.45, 2.75) is 45.6 Å². The van der Waals surface area contributed by atoms with Crippen molar-refractivity contribution in [3.8, 4) is 5.75 Å². The van der Waals surface area contributed by atoms with Crippen molar-refractivity contribution in [1.82, 2.24) is 10.6 Å². The van der Waals surface area contributed by atoms with Crippen molar-refractivity contribution in [3.63, 3.8) is 0 Å². The van der Waals surface area contributed by atoms with Crippen LogP contribution in [0.4, 0.5) is 5.69 Å². The van der Waals surface area contributed by atoms with Crippen LogP contribution in [-0.4, -0.2) is 30.2 Å². The van der Waals surface area contributed by atoms with Gasteiger partial charge < -0.3 is 15.0 Å². The number of carbonyl (C=O) groups is 1. The molecule has 25 heavy (non-hydrogen) atoms. The molecule has 6 heteroatoms. The molecular weight excluding hydrogens is 334 g/mol. The Morgan fingerprint density at radius 1 is 1.40 bits per heavy atom. The van der Waals surface area contributed by atoms with Crippen LogP contribution in [0.1, 0.15) is 51.2 Å². The first-order valence-electron chi connectivity index (χ1n) is 8.60. The largest absolute Gasteiger partial charge is 0.496 e. The van der Waals surface area contributed by atoms with E-state index in [1.165, 1.54) is 11.3 Å². The Hall–Kier alpha value is -2.08. The highest BCUT2D eigenvalue weighted by Gasteiger charge is 2.36. The monoisotopic (exact) mass is 359 g/mol. The summed E-state index contributed by atoms with van der Waals surface area (Å²) in [4.78, 5) is 14.4. The van der Waals surface area contributed by atoms with Gasteiger partial charge in [-0.2, -0.15) is 0 Å². The van der Waals surface area contributed by atoms with Gasteiger partial charge in [0.1, 0.15) is 11.4 Å². The van der Waals surface area contributed by atoms with Crippen LogP contribution in [0, 0.1) is 0 Å². The zero-order chi connectivity index (χ0) is 18.4. The van der Waals surface area contributed by atoms with Gasteiger partial charge in [-0.05, 0) is 63.0 Å². The van der Waals surface area contributed by atoms with E-state index >= 15 is 0 Å². The molecule has 0 bridgehead atoms. The number of hydrogen-bond donors (Lipinski definition) is 2. The van der Waals surface area contributed by atoms with Gasteiger partial charge in [0, 0.05) is 29.4 Å². The van der Waals surface area contributed by atoms with Crippen LogP contribution < -0.4 is 20.3 Å². The van der Waals surface area contributed by atoms with Gasteiger partial charge in [-0.15, -0.1) is 0 Å². The zero-order valence-corrected chi connectivity index (χ0v) is 16.2. The van der Waals surface area contributed by atoms with E-state index in [1.807, 2.05) is 0 Å². The van der Waals surface area contributed by atoms with E-state index in [0.717, 1.165) is 24.3 Å². The van der Waals surface area contributed by atoms with Gasteiger partial charge in [0.25, 0.3) is 5.91 Å². The van der Waals surface area contributed by atoms with Crippen LogP contribution in [0.5, 0.6) is 5.75 Å². The molecule has 0 aromatic heterocycles. The number of hydrogen-bond acceptors (Lipinski definition) is 4. The number of methoxy groups -OCH3 is 1. The van der Waals surface area contributed by atoms with Crippen LogP contribution in [-0.2, 0) is 4.79 Å². The van der Waals surface area contributed by atoms with Gasteiger partial charge in [0.2, 0.25) is 0 Å². The maximum Gasteiger partial charge on any atom is 0.273 e. The Bertz CT molecular complexity index is 770. The summed E-state index contributed by atoms with van der Waals surface area (Å²) in [6, 6.07) is 4.23. The lowest BCUT2D eigenvalue weighted by Crippen LogP contribution is -2.48. The van der Waals surface area contributed by atoms with Crippen molar-refractivity contribution in [2.24, 2.45) is 0 Å². The first kappa shape index (κ1) is 17.7. The Morgan fingerprint density at radius 2 is 2.12 bits per heavy atom. The molecule has 1 aromatic carbocycles. The highest BCUT2D eigenvalue weighted by atomic mass is 32.1. The van der Waals surface area contributed by atoms with E-state index in [9.17, 15) is 4.79 Å². The fourth-order valence-corrected chi connectivity index (χ4v) is 4.26. The second-order valence-corrected chi connectivity index (χ2v) is 7.69. The lowest BCUT2D eigenvalue weighted by Gasteiger charge is -2.47. The molecular formula is C19H25N3O2S. The quantitative estimate of drug-likeness (QED) is 0.641. The first-order chi connectivity index (χ1) is 11.8. The predicted molar refractivity (Wildman–Crippen MR) is 105 cm³/mol. The van der Waals surface area contributed by atoms with Crippen LogP contribution >= 0.6 is 12.2 Å². The van der Waals surface area contributed by atoms with E-state index in [2.05, 4.69) is 55.4 Å². The lowest BCUT2D eigenvalue weighted by molar-refractivity contribution is -0.115. The normalized spacial score (nSPS) is 23.3. The van der Waals surface area contributed by atoms with Crippen molar-refractivity contribution in [1.29, 1.82) is 0 Å².